The fraction of sp³-hybridized carbons (Fsp3) is 1.00. The maximum Gasteiger partial charge on any atom is 0.497 e. The van der Waals surface area contributed by atoms with E-state index >= 15 is 0 Å². The molecule has 0 aromatic carbocycles. The van der Waals surface area contributed by atoms with Crippen LogP contribution in [-0.2, 0) is 9.84 Å². The van der Waals surface area contributed by atoms with Gasteiger partial charge in [0.25, 0.3) is 0 Å². The Labute approximate surface area is 69.9 Å². The average molecular weight is 288 g/mol. The van der Waals surface area contributed by atoms with E-state index < -0.39 is 21.1 Å². The molecule has 0 heterocycles. The fourth-order valence-electron chi connectivity index (χ4n) is 0.217. The van der Waals surface area contributed by atoms with Gasteiger partial charge in [0.05, 0.1) is 5.75 Å². The summed E-state index contributed by atoms with van der Waals surface area (Å²) in [6.45, 7) is 0. The zero-order valence-corrected chi connectivity index (χ0v) is 7.62. The minimum absolute atomic E-state index is 0.0421. The van der Waals surface area contributed by atoms with Crippen molar-refractivity contribution in [2.45, 2.75) is 5.51 Å². The van der Waals surface area contributed by atoms with Gasteiger partial charge in [0.15, 0.2) is 0 Å². The van der Waals surface area contributed by atoms with Crippen molar-refractivity contribution in [3.63, 3.8) is 0 Å². The number of sulfone groups is 1. The van der Waals surface area contributed by atoms with Crippen LogP contribution in [0.25, 0.3) is 0 Å². The van der Waals surface area contributed by atoms with Crippen LogP contribution in [0.2, 0.25) is 0 Å². The molecule has 62 valence electrons. The van der Waals surface area contributed by atoms with Crippen LogP contribution in [0.15, 0.2) is 0 Å². The van der Waals surface area contributed by atoms with E-state index in [0.717, 1.165) is 0 Å². The van der Waals surface area contributed by atoms with E-state index in [2.05, 4.69) is 0 Å². The summed E-state index contributed by atoms with van der Waals surface area (Å²) in [5, 5.41) is 0. The molecule has 7 heteroatoms. The summed E-state index contributed by atoms with van der Waals surface area (Å²) >= 11 is 1.57. The molecule has 0 aromatic rings. The highest BCUT2D eigenvalue weighted by Gasteiger charge is 2.44. The van der Waals surface area contributed by atoms with Gasteiger partial charge in [0, 0.05) is 4.43 Å². The molecule has 0 saturated heterocycles. The Balaban J connectivity index is 4.44. The maximum absolute atomic E-state index is 11.4. The second-order valence-corrected chi connectivity index (χ2v) is 4.63. The molecular formula is C3H4F3IO2S. The standard InChI is InChI=1S/C3H4F3IO2S/c4-3(5,6)10(8,9)2-1-7/h1-2H2. The summed E-state index contributed by atoms with van der Waals surface area (Å²) < 4.78 is 54.5. The van der Waals surface area contributed by atoms with Crippen LogP contribution in [-0.4, -0.2) is 24.1 Å². The summed E-state index contributed by atoms with van der Waals surface area (Å²) in [4.78, 5) is 0. The van der Waals surface area contributed by atoms with Crippen LogP contribution >= 0.6 is 22.6 Å². The van der Waals surface area contributed by atoms with Crippen molar-refractivity contribution >= 4 is 32.4 Å². The number of hydrogen-bond donors (Lipinski definition) is 0. The Hall–Kier alpha value is 0.470. The predicted molar refractivity (Wildman–Crippen MR) is 38.7 cm³/mol. The minimum Gasteiger partial charge on any atom is -0.220 e. The van der Waals surface area contributed by atoms with E-state index in [1.807, 2.05) is 0 Å². The lowest BCUT2D eigenvalue weighted by molar-refractivity contribution is -0.0433. The van der Waals surface area contributed by atoms with E-state index in [9.17, 15) is 21.6 Å². The fourth-order valence-corrected chi connectivity index (χ4v) is 2.39. The van der Waals surface area contributed by atoms with Gasteiger partial charge in [-0.15, -0.1) is 0 Å². The van der Waals surface area contributed by atoms with Crippen molar-refractivity contribution in [3.8, 4) is 0 Å². The second-order valence-electron chi connectivity index (χ2n) is 1.45. The Morgan fingerprint density at radius 2 is 1.70 bits per heavy atom. The molecule has 0 N–H and O–H groups in total. The first kappa shape index (κ1) is 10.5. The van der Waals surface area contributed by atoms with Crippen LogP contribution < -0.4 is 0 Å². The summed E-state index contributed by atoms with van der Waals surface area (Å²) in [6.07, 6.45) is 0. The molecule has 0 radical (unpaired) electrons. The third kappa shape index (κ3) is 2.60. The molecule has 0 amide bonds. The van der Waals surface area contributed by atoms with E-state index in [-0.39, 0.29) is 4.43 Å². The molecule has 0 aliphatic rings. The van der Waals surface area contributed by atoms with Crippen LogP contribution in [0.1, 0.15) is 0 Å². The number of halogens is 4. The van der Waals surface area contributed by atoms with Crippen molar-refractivity contribution in [3.05, 3.63) is 0 Å². The third-order valence-corrected chi connectivity index (χ3v) is 3.42. The largest absolute Gasteiger partial charge is 0.497 e. The zero-order chi connectivity index (χ0) is 8.41. The molecule has 0 bridgehead atoms. The molecule has 0 spiro atoms. The first-order valence-corrected chi connectivity index (χ1v) is 5.34. The molecule has 0 saturated carbocycles. The Bertz CT molecular complexity index is 194. The molecule has 0 aliphatic heterocycles. The van der Waals surface area contributed by atoms with E-state index in [1.54, 1.807) is 22.6 Å². The van der Waals surface area contributed by atoms with Gasteiger partial charge in [0.1, 0.15) is 0 Å². The summed E-state index contributed by atoms with van der Waals surface area (Å²) in [6, 6.07) is 0. The van der Waals surface area contributed by atoms with Crippen molar-refractivity contribution in [2.75, 3.05) is 10.2 Å². The van der Waals surface area contributed by atoms with Gasteiger partial charge < -0.3 is 0 Å². The lowest BCUT2D eigenvalue weighted by Crippen LogP contribution is -2.26. The first-order chi connectivity index (χ1) is 4.31. The topological polar surface area (TPSA) is 34.1 Å². The Morgan fingerprint density at radius 1 is 1.30 bits per heavy atom. The monoisotopic (exact) mass is 288 g/mol. The van der Waals surface area contributed by atoms with Gasteiger partial charge >= 0.3 is 5.51 Å². The summed E-state index contributed by atoms with van der Waals surface area (Å²) in [7, 11) is -4.86. The molecule has 0 atom stereocenters. The highest BCUT2D eigenvalue weighted by molar-refractivity contribution is 14.1. The normalized spacial score (nSPS) is 13.6. The third-order valence-electron chi connectivity index (χ3n) is 0.699. The first-order valence-electron chi connectivity index (χ1n) is 2.16. The molecule has 0 aromatic heterocycles. The Morgan fingerprint density at radius 3 is 1.80 bits per heavy atom. The van der Waals surface area contributed by atoms with Crippen LogP contribution in [0.5, 0.6) is 0 Å². The highest BCUT2D eigenvalue weighted by atomic mass is 127. The molecule has 0 aliphatic carbocycles. The summed E-state index contributed by atoms with van der Waals surface area (Å²) in [5.41, 5.74) is -5.09. The van der Waals surface area contributed by atoms with Crippen LogP contribution in [0, 0.1) is 0 Å². The molecule has 2 nitrogen and oxygen atoms in total. The van der Waals surface area contributed by atoms with E-state index in [1.165, 1.54) is 0 Å². The van der Waals surface area contributed by atoms with Crippen LogP contribution in [0.4, 0.5) is 13.2 Å². The zero-order valence-electron chi connectivity index (χ0n) is 4.65. The summed E-state index contributed by atoms with van der Waals surface area (Å²) in [5.74, 6) is -0.836. The number of alkyl halides is 4. The van der Waals surface area contributed by atoms with E-state index in [0.29, 0.717) is 0 Å². The van der Waals surface area contributed by atoms with Crippen LogP contribution in [0.3, 0.4) is 0 Å². The SMILES string of the molecule is O=S(=O)(CCI)C(F)(F)F. The van der Waals surface area contributed by atoms with Gasteiger partial charge in [-0.1, -0.05) is 22.6 Å². The molecular weight excluding hydrogens is 284 g/mol. The number of hydrogen-bond acceptors (Lipinski definition) is 2. The van der Waals surface area contributed by atoms with Gasteiger partial charge in [-0.3, -0.25) is 0 Å². The lowest BCUT2D eigenvalue weighted by Gasteiger charge is -2.04. The Kier molecular flexibility index (Phi) is 3.40. The average Bonchev–Trinajstić information content (AvgIpc) is 1.61. The minimum atomic E-state index is -5.09. The van der Waals surface area contributed by atoms with Gasteiger partial charge in [-0.2, -0.15) is 13.2 Å². The smallest absolute Gasteiger partial charge is 0.220 e. The predicted octanol–water partition coefficient (Wildman–Crippen LogP) is 1.36. The second kappa shape index (κ2) is 3.24. The molecule has 10 heavy (non-hydrogen) atoms. The quantitative estimate of drug-likeness (QED) is 0.568. The van der Waals surface area contributed by atoms with Crippen molar-refractivity contribution < 1.29 is 21.6 Å². The molecule has 0 fully saturated rings. The van der Waals surface area contributed by atoms with E-state index in [4.69, 9.17) is 0 Å². The highest BCUT2D eigenvalue weighted by Crippen LogP contribution is 2.23. The van der Waals surface area contributed by atoms with Gasteiger partial charge in [-0.25, -0.2) is 8.42 Å². The maximum atomic E-state index is 11.4. The van der Waals surface area contributed by atoms with Crippen molar-refractivity contribution in [2.24, 2.45) is 0 Å². The number of rotatable bonds is 2. The molecule has 0 rings (SSSR count). The molecule has 0 unspecified atom stereocenters. The van der Waals surface area contributed by atoms with Crippen molar-refractivity contribution in [1.82, 2.24) is 0 Å². The van der Waals surface area contributed by atoms with Gasteiger partial charge in [-0.05, 0) is 0 Å². The van der Waals surface area contributed by atoms with Gasteiger partial charge in [0.2, 0.25) is 9.84 Å². The van der Waals surface area contributed by atoms with Crippen molar-refractivity contribution in [1.29, 1.82) is 0 Å². The lowest BCUT2D eigenvalue weighted by atomic mass is 11.0.